The van der Waals surface area contributed by atoms with Gasteiger partial charge in [0.15, 0.2) is 0 Å². The number of halogens is 2. The van der Waals surface area contributed by atoms with Crippen molar-refractivity contribution < 1.29 is 18.6 Å². The van der Waals surface area contributed by atoms with Crippen LogP contribution in [0.3, 0.4) is 0 Å². The van der Waals surface area contributed by atoms with Gasteiger partial charge in [0.2, 0.25) is 0 Å². The Bertz CT molecular complexity index is 631. The third-order valence-corrected chi connectivity index (χ3v) is 3.66. The molecule has 0 aromatic heterocycles. The first-order chi connectivity index (χ1) is 10.1. The molecule has 2 aromatic rings. The van der Waals surface area contributed by atoms with Crippen LogP contribution in [-0.2, 0) is 0 Å². The average Bonchev–Trinajstić information content (AvgIpc) is 2.53. The van der Waals surface area contributed by atoms with Gasteiger partial charge in [-0.05, 0) is 18.2 Å². The summed E-state index contributed by atoms with van der Waals surface area (Å²) < 4.78 is 29.6. The van der Waals surface area contributed by atoms with E-state index >= 15 is 0 Å². The number of rotatable bonds is 5. The fourth-order valence-electron chi connectivity index (χ4n) is 2.04. The summed E-state index contributed by atoms with van der Waals surface area (Å²) in [5.74, 6) is 1.22. The first kappa shape index (κ1) is 15.4. The lowest BCUT2D eigenvalue weighted by atomic mass is 10.0. The first-order valence-electron chi connectivity index (χ1n) is 6.30. The molecule has 0 aliphatic heterocycles. The Morgan fingerprint density at radius 1 is 0.857 bits per heavy atom. The van der Waals surface area contributed by atoms with Crippen LogP contribution in [0.15, 0.2) is 36.4 Å². The third-order valence-electron chi connectivity index (χ3n) is 3.19. The van der Waals surface area contributed by atoms with Gasteiger partial charge in [0.05, 0.1) is 26.7 Å². The molecule has 0 saturated carbocycles. The minimum Gasteiger partial charge on any atom is -0.497 e. The van der Waals surface area contributed by atoms with E-state index in [1.807, 2.05) is 0 Å². The third kappa shape index (κ3) is 3.22. The molecule has 5 heteroatoms. The topological polar surface area (TPSA) is 27.7 Å². The van der Waals surface area contributed by atoms with Crippen LogP contribution in [0.1, 0.15) is 16.5 Å². The van der Waals surface area contributed by atoms with Gasteiger partial charge in [-0.1, -0.05) is 6.07 Å². The maximum Gasteiger partial charge on any atom is 0.131 e. The standard InChI is InChI=1S/C16H16ClFO3/c1-19-10-4-6-12(14(18)8-10)16(17)13-7-5-11(20-2)9-15(13)21-3/h4-9,16H,1-3H3. The molecule has 0 saturated heterocycles. The molecule has 3 nitrogen and oxygen atoms in total. The zero-order valence-electron chi connectivity index (χ0n) is 12.0. The molecule has 1 unspecified atom stereocenters. The zero-order chi connectivity index (χ0) is 15.4. The average molecular weight is 311 g/mol. The summed E-state index contributed by atoms with van der Waals surface area (Å²) in [6.45, 7) is 0. The van der Waals surface area contributed by atoms with Gasteiger partial charge in [-0.15, -0.1) is 11.6 Å². The van der Waals surface area contributed by atoms with Crippen molar-refractivity contribution in [1.29, 1.82) is 0 Å². The summed E-state index contributed by atoms with van der Waals surface area (Å²) in [6, 6.07) is 9.82. The minimum atomic E-state index is -0.670. The number of benzene rings is 2. The first-order valence-corrected chi connectivity index (χ1v) is 6.73. The Morgan fingerprint density at radius 3 is 1.95 bits per heavy atom. The molecule has 0 fully saturated rings. The van der Waals surface area contributed by atoms with Crippen LogP contribution in [0.4, 0.5) is 4.39 Å². The Kier molecular flexibility index (Phi) is 4.91. The highest BCUT2D eigenvalue weighted by molar-refractivity contribution is 6.22. The Hall–Kier alpha value is -1.94. The van der Waals surface area contributed by atoms with E-state index in [1.54, 1.807) is 37.4 Å². The highest BCUT2D eigenvalue weighted by Crippen LogP contribution is 2.38. The van der Waals surface area contributed by atoms with Crippen molar-refractivity contribution >= 4 is 11.6 Å². The lowest BCUT2D eigenvalue weighted by molar-refractivity contribution is 0.391. The van der Waals surface area contributed by atoms with Crippen molar-refractivity contribution in [2.45, 2.75) is 5.38 Å². The maximum absolute atomic E-state index is 14.1. The number of alkyl halides is 1. The van der Waals surface area contributed by atoms with E-state index in [1.165, 1.54) is 20.3 Å². The van der Waals surface area contributed by atoms with Crippen LogP contribution in [0, 0.1) is 5.82 Å². The summed E-state index contributed by atoms with van der Waals surface area (Å²) in [4.78, 5) is 0. The number of methoxy groups -OCH3 is 3. The Labute approximate surface area is 128 Å². The smallest absolute Gasteiger partial charge is 0.131 e. The summed E-state index contributed by atoms with van der Waals surface area (Å²) in [5.41, 5.74) is 1.03. The second-order valence-electron chi connectivity index (χ2n) is 4.36. The zero-order valence-corrected chi connectivity index (χ0v) is 12.8. The monoisotopic (exact) mass is 310 g/mol. The lowest BCUT2D eigenvalue weighted by Crippen LogP contribution is -2.01. The maximum atomic E-state index is 14.1. The molecule has 2 rings (SSSR count). The molecule has 112 valence electrons. The van der Waals surface area contributed by atoms with Gasteiger partial charge in [0, 0.05) is 23.3 Å². The van der Waals surface area contributed by atoms with Crippen LogP contribution >= 0.6 is 11.6 Å². The van der Waals surface area contributed by atoms with Crippen LogP contribution in [0.5, 0.6) is 17.2 Å². The van der Waals surface area contributed by atoms with Gasteiger partial charge < -0.3 is 14.2 Å². The van der Waals surface area contributed by atoms with Crippen molar-refractivity contribution in [3.63, 3.8) is 0 Å². The van der Waals surface area contributed by atoms with Crippen LogP contribution in [0.25, 0.3) is 0 Å². The summed E-state index contributed by atoms with van der Waals surface area (Å²) in [6.07, 6.45) is 0. The van der Waals surface area contributed by atoms with Gasteiger partial charge in [-0.3, -0.25) is 0 Å². The van der Waals surface area contributed by atoms with E-state index < -0.39 is 11.2 Å². The van der Waals surface area contributed by atoms with E-state index in [2.05, 4.69) is 0 Å². The summed E-state index contributed by atoms with van der Waals surface area (Å²) >= 11 is 6.41. The van der Waals surface area contributed by atoms with Crippen molar-refractivity contribution in [1.82, 2.24) is 0 Å². The van der Waals surface area contributed by atoms with E-state index in [-0.39, 0.29) is 0 Å². The summed E-state index contributed by atoms with van der Waals surface area (Å²) in [7, 11) is 4.58. The minimum absolute atomic E-state index is 0.362. The van der Waals surface area contributed by atoms with Crippen LogP contribution in [0.2, 0.25) is 0 Å². The quantitative estimate of drug-likeness (QED) is 0.775. The molecular formula is C16H16ClFO3. The van der Waals surface area contributed by atoms with Crippen LogP contribution < -0.4 is 14.2 Å². The largest absolute Gasteiger partial charge is 0.497 e. The second kappa shape index (κ2) is 6.68. The predicted octanol–water partition coefficient (Wildman–Crippen LogP) is 4.18. The highest BCUT2D eigenvalue weighted by atomic mass is 35.5. The summed E-state index contributed by atoms with van der Waals surface area (Å²) in [5, 5.41) is -0.670. The van der Waals surface area contributed by atoms with Gasteiger partial charge in [-0.25, -0.2) is 4.39 Å². The highest BCUT2D eigenvalue weighted by Gasteiger charge is 2.20. The number of ether oxygens (including phenoxy) is 3. The van der Waals surface area contributed by atoms with Gasteiger partial charge >= 0.3 is 0 Å². The Balaban J connectivity index is 2.42. The Morgan fingerprint density at radius 2 is 1.43 bits per heavy atom. The van der Waals surface area contributed by atoms with E-state index in [0.29, 0.717) is 28.4 Å². The van der Waals surface area contributed by atoms with E-state index in [9.17, 15) is 4.39 Å². The van der Waals surface area contributed by atoms with Crippen molar-refractivity contribution in [2.75, 3.05) is 21.3 Å². The molecule has 0 bridgehead atoms. The van der Waals surface area contributed by atoms with Gasteiger partial charge in [0.25, 0.3) is 0 Å². The van der Waals surface area contributed by atoms with Gasteiger partial charge in [-0.2, -0.15) is 0 Å². The molecule has 2 aromatic carbocycles. The second-order valence-corrected chi connectivity index (χ2v) is 4.79. The molecule has 21 heavy (non-hydrogen) atoms. The molecule has 1 atom stereocenters. The number of hydrogen-bond donors (Lipinski definition) is 0. The SMILES string of the molecule is COc1ccc(C(Cl)c2ccc(OC)cc2OC)c(F)c1. The van der Waals surface area contributed by atoms with Crippen LogP contribution in [-0.4, -0.2) is 21.3 Å². The molecular weight excluding hydrogens is 295 g/mol. The van der Waals surface area contributed by atoms with Crippen molar-refractivity contribution in [3.05, 3.63) is 53.3 Å². The normalized spacial score (nSPS) is 11.9. The molecule has 0 aliphatic rings. The van der Waals surface area contributed by atoms with E-state index in [4.69, 9.17) is 25.8 Å². The molecule has 0 aliphatic carbocycles. The molecule has 0 amide bonds. The van der Waals surface area contributed by atoms with Gasteiger partial charge in [0.1, 0.15) is 23.1 Å². The molecule has 0 spiro atoms. The number of hydrogen-bond acceptors (Lipinski definition) is 3. The predicted molar refractivity (Wildman–Crippen MR) is 80.2 cm³/mol. The van der Waals surface area contributed by atoms with E-state index in [0.717, 1.165) is 0 Å². The molecule has 0 heterocycles. The van der Waals surface area contributed by atoms with Crippen molar-refractivity contribution in [2.24, 2.45) is 0 Å². The lowest BCUT2D eigenvalue weighted by Gasteiger charge is -2.16. The fraction of sp³-hybridized carbons (Fsp3) is 0.250. The molecule has 0 N–H and O–H groups in total. The molecule has 0 radical (unpaired) electrons. The van der Waals surface area contributed by atoms with Crippen molar-refractivity contribution in [3.8, 4) is 17.2 Å². The fourth-order valence-corrected chi connectivity index (χ4v) is 2.39.